The van der Waals surface area contributed by atoms with E-state index >= 15 is 0 Å². The van der Waals surface area contributed by atoms with Gasteiger partial charge in [0.1, 0.15) is 11.6 Å². The molecular weight excluding hydrogens is 390 g/mol. The summed E-state index contributed by atoms with van der Waals surface area (Å²) in [4.78, 5) is 16.8. The van der Waals surface area contributed by atoms with E-state index in [1.807, 2.05) is 24.3 Å². The van der Waals surface area contributed by atoms with Crippen LogP contribution < -0.4 is 4.74 Å². The minimum absolute atomic E-state index is 0.0851. The highest BCUT2D eigenvalue weighted by Gasteiger charge is 2.23. The highest BCUT2D eigenvalue weighted by molar-refractivity contribution is 6.36. The van der Waals surface area contributed by atoms with Gasteiger partial charge < -0.3 is 9.64 Å². The summed E-state index contributed by atoms with van der Waals surface area (Å²) in [6, 6.07) is 10.4. The molecule has 0 aromatic heterocycles. The van der Waals surface area contributed by atoms with Gasteiger partial charge in [-0.25, -0.2) is 4.39 Å². The Bertz CT molecular complexity index is 814. The molecule has 3 rings (SSSR count). The topological polar surface area (TPSA) is 32.8 Å². The second-order valence-electron chi connectivity index (χ2n) is 6.52. The van der Waals surface area contributed by atoms with Gasteiger partial charge in [-0.15, -0.1) is 0 Å². The van der Waals surface area contributed by atoms with Crippen LogP contribution in [0.25, 0.3) is 0 Å². The number of methoxy groups -OCH3 is 1. The quantitative estimate of drug-likeness (QED) is 0.696. The average molecular weight is 411 g/mol. The van der Waals surface area contributed by atoms with E-state index in [4.69, 9.17) is 27.9 Å². The second-order valence-corrected chi connectivity index (χ2v) is 7.33. The number of amides is 1. The smallest absolute Gasteiger partial charge is 0.255 e. The predicted octanol–water partition coefficient (Wildman–Crippen LogP) is 4.49. The Hall–Kier alpha value is -1.82. The van der Waals surface area contributed by atoms with E-state index in [1.54, 1.807) is 12.0 Å². The van der Waals surface area contributed by atoms with Gasteiger partial charge in [-0.3, -0.25) is 9.69 Å². The predicted molar refractivity (Wildman–Crippen MR) is 105 cm³/mol. The van der Waals surface area contributed by atoms with Crippen molar-refractivity contribution in [3.8, 4) is 5.75 Å². The molecule has 1 amide bonds. The van der Waals surface area contributed by atoms with Crippen molar-refractivity contribution in [1.82, 2.24) is 9.80 Å². The molecule has 2 aromatic carbocycles. The second kappa shape index (κ2) is 8.91. The van der Waals surface area contributed by atoms with Gasteiger partial charge in [-0.2, -0.15) is 0 Å². The molecule has 0 atom stereocenters. The number of hydrogen-bond acceptors (Lipinski definition) is 3. The number of hydrogen-bond donors (Lipinski definition) is 0. The fraction of sp³-hybridized carbons (Fsp3) is 0.350. The lowest BCUT2D eigenvalue weighted by atomic mass is 10.2. The van der Waals surface area contributed by atoms with Crippen LogP contribution in [0.3, 0.4) is 0 Å². The van der Waals surface area contributed by atoms with Crippen molar-refractivity contribution in [2.45, 2.75) is 13.0 Å². The van der Waals surface area contributed by atoms with E-state index in [-0.39, 0.29) is 21.5 Å². The van der Waals surface area contributed by atoms with Crippen molar-refractivity contribution in [3.63, 3.8) is 0 Å². The highest BCUT2D eigenvalue weighted by Crippen LogP contribution is 2.26. The van der Waals surface area contributed by atoms with E-state index in [1.165, 1.54) is 11.6 Å². The largest absolute Gasteiger partial charge is 0.497 e. The lowest BCUT2D eigenvalue weighted by Crippen LogP contribution is -2.35. The van der Waals surface area contributed by atoms with Crippen LogP contribution >= 0.6 is 23.2 Å². The van der Waals surface area contributed by atoms with Crippen molar-refractivity contribution in [1.29, 1.82) is 0 Å². The van der Waals surface area contributed by atoms with Gasteiger partial charge in [-0.05, 0) is 36.2 Å². The van der Waals surface area contributed by atoms with Gasteiger partial charge in [0.15, 0.2) is 0 Å². The van der Waals surface area contributed by atoms with Crippen LogP contribution in [-0.4, -0.2) is 49.0 Å². The number of nitrogens with zero attached hydrogens (tertiary/aromatic N) is 2. The summed E-state index contributed by atoms with van der Waals surface area (Å²) in [5.41, 5.74) is 1.35. The third-order valence-corrected chi connectivity index (χ3v) is 5.28. The maximum Gasteiger partial charge on any atom is 0.255 e. The number of carbonyl (C=O) groups is 1. The Balaban J connectivity index is 1.64. The summed E-state index contributed by atoms with van der Waals surface area (Å²) < 4.78 is 18.9. The zero-order chi connectivity index (χ0) is 19.4. The van der Waals surface area contributed by atoms with Crippen LogP contribution in [0.15, 0.2) is 36.4 Å². The fourth-order valence-corrected chi connectivity index (χ4v) is 3.64. The van der Waals surface area contributed by atoms with Crippen molar-refractivity contribution >= 4 is 29.1 Å². The van der Waals surface area contributed by atoms with Gasteiger partial charge in [0.2, 0.25) is 0 Å². The highest BCUT2D eigenvalue weighted by atomic mass is 35.5. The first-order chi connectivity index (χ1) is 13.0. The Morgan fingerprint density at radius 3 is 2.52 bits per heavy atom. The molecule has 1 saturated heterocycles. The van der Waals surface area contributed by atoms with E-state index in [0.717, 1.165) is 37.9 Å². The van der Waals surface area contributed by atoms with Gasteiger partial charge in [0.05, 0.1) is 22.7 Å². The number of benzene rings is 2. The van der Waals surface area contributed by atoms with Crippen LogP contribution in [0.4, 0.5) is 4.39 Å². The van der Waals surface area contributed by atoms with Crippen molar-refractivity contribution in [3.05, 3.63) is 63.4 Å². The van der Waals surface area contributed by atoms with Gasteiger partial charge in [-0.1, -0.05) is 35.3 Å². The van der Waals surface area contributed by atoms with Crippen molar-refractivity contribution in [2.24, 2.45) is 0 Å². The van der Waals surface area contributed by atoms with E-state index < -0.39 is 5.82 Å². The Morgan fingerprint density at radius 1 is 1.07 bits per heavy atom. The maximum atomic E-state index is 13.7. The van der Waals surface area contributed by atoms with Gasteiger partial charge in [0, 0.05) is 32.7 Å². The van der Waals surface area contributed by atoms with Gasteiger partial charge >= 0.3 is 0 Å². The van der Waals surface area contributed by atoms with E-state index in [9.17, 15) is 9.18 Å². The fourth-order valence-electron chi connectivity index (χ4n) is 3.18. The molecule has 0 spiro atoms. The Kier molecular flexibility index (Phi) is 6.58. The summed E-state index contributed by atoms with van der Waals surface area (Å²) in [5, 5.41) is 0.0869. The standard InChI is InChI=1S/C20H21Cl2FN2O2/c1-27-15-5-3-14(4-6-15)13-24-7-2-8-25(10-9-24)20(26)16-11-19(23)18(22)12-17(16)21/h3-6,11-12H,2,7-10,13H2,1H3. The number of halogens is 3. The molecule has 0 aliphatic carbocycles. The molecular formula is C20H21Cl2FN2O2. The average Bonchev–Trinajstić information content (AvgIpc) is 2.90. The molecule has 2 aromatic rings. The normalized spacial score (nSPS) is 15.5. The van der Waals surface area contributed by atoms with E-state index in [2.05, 4.69) is 4.90 Å². The lowest BCUT2D eigenvalue weighted by molar-refractivity contribution is 0.0761. The van der Waals surface area contributed by atoms with Gasteiger partial charge in [0.25, 0.3) is 5.91 Å². The summed E-state index contributed by atoms with van der Waals surface area (Å²) in [6.45, 7) is 3.61. The molecule has 1 fully saturated rings. The Morgan fingerprint density at radius 2 is 1.81 bits per heavy atom. The third-order valence-electron chi connectivity index (χ3n) is 4.68. The van der Waals surface area contributed by atoms with Crippen LogP contribution in [0.5, 0.6) is 5.75 Å². The summed E-state index contributed by atoms with van der Waals surface area (Å²) in [5.74, 6) is -0.0688. The number of carbonyl (C=O) groups excluding carboxylic acids is 1. The van der Waals surface area contributed by atoms with E-state index in [0.29, 0.717) is 13.1 Å². The molecule has 0 saturated carbocycles. The SMILES string of the molecule is COc1ccc(CN2CCCN(C(=O)c3cc(F)c(Cl)cc3Cl)CC2)cc1. The zero-order valence-corrected chi connectivity index (χ0v) is 16.6. The zero-order valence-electron chi connectivity index (χ0n) is 15.1. The molecule has 1 aliphatic heterocycles. The summed E-state index contributed by atoms with van der Waals surface area (Å²) >= 11 is 11.8. The molecule has 144 valence electrons. The molecule has 0 radical (unpaired) electrons. The molecule has 0 N–H and O–H groups in total. The first-order valence-corrected chi connectivity index (χ1v) is 9.52. The molecule has 0 unspecified atom stereocenters. The van der Waals surface area contributed by atoms with Crippen LogP contribution in [0, 0.1) is 5.82 Å². The minimum atomic E-state index is -0.639. The molecule has 4 nitrogen and oxygen atoms in total. The minimum Gasteiger partial charge on any atom is -0.497 e. The summed E-state index contributed by atoms with van der Waals surface area (Å²) in [7, 11) is 1.65. The maximum absolute atomic E-state index is 13.7. The monoisotopic (exact) mass is 410 g/mol. The summed E-state index contributed by atoms with van der Waals surface area (Å²) in [6.07, 6.45) is 0.843. The van der Waals surface area contributed by atoms with Crippen LogP contribution in [-0.2, 0) is 6.54 Å². The molecule has 7 heteroatoms. The first kappa shape index (κ1) is 19.9. The molecule has 0 bridgehead atoms. The van der Waals surface area contributed by atoms with Crippen molar-refractivity contribution in [2.75, 3.05) is 33.3 Å². The first-order valence-electron chi connectivity index (χ1n) is 8.77. The van der Waals surface area contributed by atoms with Crippen molar-refractivity contribution < 1.29 is 13.9 Å². The Labute approximate surface area is 168 Å². The van der Waals surface area contributed by atoms with Crippen LogP contribution in [0.1, 0.15) is 22.3 Å². The molecule has 1 heterocycles. The number of ether oxygens (including phenoxy) is 1. The molecule has 27 heavy (non-hydrogen) atoms. The molecule has 1 aliphatic rings. The third kappa shape index (κ3) is 4.92. The van der Waals surface area contributed by atoms with Crippen LogP contribution in [0.2, 0.25) is 10.0 Å². The number of rotatable bonds is 4. The lowest BCUT2D eigenvalue weighted by Gasteiger charge is -2.22.